The summed E-state index contributed by atoms with van der Waals surface area (Å²) in [6, 6.07) is 7.31. The Balaban J connectivity index is 1.65. The third-order valence-corrected chi connectivity index (χ3v) is 4.10. The van der Waals surface area contributed by atoms with E-state index in [0.29, 0.717) is 17.5 Å². The molecule has 0 spiro atoms. The standard InChI is InChI=1S/C16H18ClN5O/c1-11-6-7-18-14(9-11)19-16(23)12-3-2-8-22(10-12)15-5-4-13(17)20-21-15/h4-7,9,12H,2-3,8,10H2,1H3,(H,18,19,23)/t12-/m0/s1. The van der Waals surface area contributed by atoms with E-state index < -0.39 is 0 Å². The van der Waals surface area contributed by atoms with Gasteiger partial charge in [0.25, 0.3) is 0 Å². The van der Waals surface area contributed by atoms with Crippen LogP contribution in [0.4, 0.5) is 11.6 Å². The first-order valence-electron chi connectivity index (χ1n) is 7.59. The number of carbonyl (C=O) groups is 1. The van der Waals surface area contributed by atoms with Gasteiger partial charge in [-0.25, -0.2) is 4.98 Å². The van der Waals surface area contributed by atoms with E-state index in [0.717, 1.165) is 30.8 Å². The number of hydrogen-bond donors (Lipinski definition) is 1. The van der Waals surface area contributed by atoms with Gasteiger partial charge in [-0.05, 0) is 49.6 Å². The molecule has 0 aliphatic carbocycles. The van der Waals surface area contributed by atoms with Gasteiger partial charge in [-0.2, -0.15) is 0 Å². The van der Waals surface area contributed by atoms with Crippen LogP contribution in [0.5, 0.6) is 0 Å². The molecule has 3 heterocycles. The number of carbonyl (C=O) groups excluding carboxylic acids is 1. The Kier molecular flexibility index (Phi) is 4.71. The summed E-state index contributed by atoms with van der Waals surface area (Å²) in [6.07, 6.45) is 3.49. The quantitative estimate of drug-likeness (QED) is 0.936. The monoisotopic (exact) mass is 331 g/mol. The molecule has 0 bridgehead atoms. The first kappa shape index (κ1) is 15.7. The van der Waals surface area contributed by atoms with Gasteiger partial charge in [0.05, 0.1) is 5.92 Å². The lowest BCUT2D eigenvalue weighted by Crippen LogP contribution is -2.41. The number of hydrogen-bond acceptors (Lipinski definition) is 5. The number of amides is 1. The lowest BCUT2D eigenvalue weighted by atomic mass is 9.97. The van der Waals surface area contributed by atoms with Crippen LogP contribution in [-0.2, 0) is 4.79 Å². The van der Waals surface area contributed by atoms with Crippen molar-refractivity contribution >= 4 is 29.1 Å². The highest BCUT2D eigenvalue weighted by Gasteiger charge is 2.27. The van der Waals surface area contributed by atoms with Crippen molar-refractivity contribution in [2.45, 2.75) is 19.8 Å². The summed E-state index contributed by atoms with van der Waals surface area (Å²) >= 11 is 5.77. The lowest BCUT2D eigenvalue weighted by molar-refractivity contribution is -0.120. The van der Waals surface area contributed by atoms with Crippen molar-refractivity contribution in [2.24, 2.45) is 5.92 Å². The summed E-state index contributed by atoms with van der Waals surface area (Å²) in [5, 5.41) is 11.2. The van der Waals surface area contributed by atoms with Crippen LogP contribution in [0.2, 0.25) is 5.15 Å². The van der Waals surface area contributed by atoms with Gasteiger partial charge in [-0.3, -0.25) is 4.79 Å². The van der Waals surface area contributed by atoms with Gasteiger partial charge in [0.2, 0.25) is 5.91 Å². The fraction of sp³-hybridized carbons (Fsp3) is 0.375. The highest BCUT2D eigenvalue weighted by molar-refractivity contribution is 6.29. The Morgan fingerprint density at radius 2 is 2.22 bits per heavy atom. The third-order valence-electron chi connectivity index (χ3n) is 3.90. The number of pyridine rings is 1. The Morgan fingerprint density at radius 3 is 2.96 bits per heavy atom. The van der Waals surface area contributed by atoms with Crippen LogP contribution >= 0.6 is 11.6 Å². The maximum Gasteiger partial charge on any atom is 0.230 e. The molecule has 1 aliphatic rings. The van der Waals surface area contributed by atoms with E-state index in [1.807, 2.05) is 25.1 Å². The van der Waals surface area contributed by atoms with E-state index in [1.54, 1.807) is 12.3 Å². The van der Waals surface area contributed by atoms with Gasteiger partial charge >= 0.3 is 0 Å². The Bertz CT molecular complexity index is 691. The minimum atomic E-state index is -0.0939. The SMILES string of the molecule is Cc1ccnc(NC(=O)[C@H]2CCCN(c3ccc(Cl)nn3)C2)c1. The number of nitrogens with zero attached hydrogens (tertiary/aromatic N) is 4. The average molecular weight is 332 g/mol. The maximum atomic E-state index is 12.5. The van der Waals surface area contributed by atoms with E-state index in [1.165, 1.54) is 0 Å². The van der Waals surface area contributed by atoms with Crippen molar-refractivity contribution in [3.63, 3.8) is 0 Å². The predicted molar refractivity (Wildman–Crippen MR) is 89.6 cm³/mol. The van der Waals surface area contributed by atoms with E-state index in [9.17, 15) is 4.79 Å². The second kappa shape index (κ2) is 6.91. The topological polar surface area (TPSA) is 71.0 Å². The Hall–Kier alpha value is -2.21. The lowest BCUT2D eigenvalue weighted by Gasteiger charge is -2.32. The van der Waals surface area contributed by atoms with E-state index in [4.69, 9.17) is 11.6 Å². The zero-order valence-electron chi connectivity index (χ0n) is 12.9. The highest BCUT2D eigenvalue weighted by Crippen LogP contribution is 2.23. The fourth-order valence-electron chi connectivity index (χ4n) is 2.71. The van der Waals surface area contributed by atoms with Crippen LogP contribution in [0.3, 0.4) is 0 Å². The van der Waals surface area contributed by atoms with E-state index >= 15 is 0 Å². The molecule has 2 aromatic heterocycles. The molecule has 2 aromatic rings. The molecule has 1 saturated heterocycles. The molecule has 0 saturated carbocycles. The van der Waals surface area contributed by atoms with Crippen LogP contribution in [0, 0.1) is 12.8 Å². The number of piperidine rings is 1. The van der Waals surface area contributed by atoms with Crippen molar-refractivity contribution in [2.75, 3.05) is 23.3 Å². The molecule has 1 aliphatic heterocycles. The van der Waals surface area contributed by atoms with Gasteiger partial charge < -0.3 is 10.2 Å². The number of aromatic nitrogens is 3. The molecule has 1 atom stereocenters. The van der Waals surface area contributed by atoms with Gasteiger partial charge in [-0.1, -0.05) is 11.6 Å². The molecular weight excluding hydrogens is 314 g/mol. The van der Waals surface area contributed by atoms with Crippen LogP contribution in [0.25, 0.3) is 0 Å². The highest BCUT2D eigenvalue weighted by atomic mass is 35.5. The van der Waals surface area contributed by atoms with Crippen LogP contribution in [-0.4, -0.2) is 34.2 Å². The third kappa shape index (κ3) is 3.96. The summed E-state index contributed by atoms with van der Waals surface area (Å²) in [5.74, 6) is 1.25. The van der Waals surface area contributed by atoms with Crippen LogP contribution in [0.1, 0.15) is 18.4 Å². The summed E-state index contributed by atoms with van der Waals surface area (Å²) in [4.78, 5) is 18.7. The molecule has 0 radical (unpaired) electrons. The van der Waals surface area contributed by atoms with Crippen LogP contribution in [0.15, 0.2) is 30.5 Å². The van der Waals surface area contributed by atoms with Gasteiger partial charge in [-0.15, -0.1) is 10.2 Å². The number of aryl methyl sites for hydroxylation is 1. The molecule has 1 N–H and O–H groups in total. The van der Waals surface area contributed by atoms with Crippen molar-refractivity contribution in [3.05, 3.63) is 41.2 Å². The number of nitrogens with one attached hydrogen (secondary N) is 1. The van der Waals surface area contributed by atoms with Crippen molar-refractivity contribution in [1.82, 2.24) is 15.2 Å². The minimum absolute atomic E-state index is 0.00489. The predicted octanol–water partition coefficient (Wildman–Crippen LogP) is 2.69. The first-order valence-corrected chi connectivity index (χ1v) is 7.97. The summed E-state index contributed by atoms with van der Waals surface area (Å²) in [5.41, 5.74) is 1.07. The Labute approximate surface area is 139 Å². The van der Waals surface area contributed by atoms with Crippen molar-refractivity contribution in [1.29, 1.82) is 0 Å². The van der Waals surface area contributed by atoms with Gasteiger partial charge in [0.15, 0.2) is 11.0 Å². The van der Waals surface area contributed by atoms with E-state index in [-0.39, 0.29) is 11.8 Å². The Morgan fingerprint density at radius 1 is 1.35 bits per heavy atom. The van der Waals surface area contributed by atoms with Gasteiger partial charge in [0, 0.05) is 19.3 Å². The molecule has 7 heteroatoms. The van der Waals surface area contributed by atoms with Gasteiger partial charge in [0.1, 0.15) is 5.82 Å². The van der Waals surface area contributed by atoms with Crippen molar-refractivity contribution < 1.29 is 4.79 Å². The first-order chi connectivity index (χ1) is 11.1. The van der Waals surface area contributed by atoms with Crippen LogP contribution < -0.4 is 10.2 Å². The minimum Gasteiger partial charge on any atom is -0.354 e. The zero-order chi connectivity index (χ0) is 16.2. The maximum absolute atomic E-state index is 12.5. The molecule has 0 aromatic carbocycles. The summed E-state index contributed by atoms with van der Waals surface area (Å²) in [6.45, 7) is 3.45. The number of rotatable bonds is 3. The average Bonchev–Trinajstić information content (AvgIpc) is 2.56. The zero-order valence-corrected chi connectivity index (χ0v) is 13.6. The molecule has 6 nitrogen and oxygen atoms in total. The summed E-state index contributed by atoms with van der Waals surface area (Å²) < 4.78 is 0. The second-order valence-corrected chi connectivity index (χ2v) is 6.09. The summed E-state index contributed by atoms with van der Waals surface area (Å²) in [7, 11) is 0. The van der Waals surface area contributed by atoms with E-state index in [2.05, 4.69) is 25.4 Å². The normalized spacial score (nSPS) is 17.8. The molecule has 120 valence electrons. The largest absolute Gasteiger partial charge is 0.354 e. The molecule has 1 amide bonds. The molecule has 1 fully saturated rings. The number of halogens is 1. The smallest absolute Gasteiger partial charge is 0.230 e. The second-order valence-electron chi connectivity index (χ2n) is 5.71. The molecule has 3 rings (SSSR count). The van der Waals surface area contributed by atoms with Crippen molar-refractivity contribution in [3.8, 4) is 0 Å². The molecule has 0 unspecified atom stereocenters. The fourth-order valence-corrected chi connectivity index (χ4v) is 2.81. The number of anilines is 2. The molecule has 23 heavy (non-hydrogen) atoms. The molecular formula is C16H18ClN5O.